The Morgan fingerprint density at radius 3 is 2.65 bits per heavy atom. The highest BCUT2D eigenvalue weighted by molar-refractivity contribution is 5.49. The predicted octanol–water partition coefficient (Wildman–Crippen LogP) is 3.78. The van der Waals surface area contributed by atoms with E-state index in [4.69, 9.17) is 9.15 Å². The lowest BCUT2D eigenvalue weighted by molar-refractivity contribution is 0.404. The van der Waals surface area contributed by atoms with Gasteiger partial charge >= 0.3 is 0 Å². The van der Waals surface area contributed by atoms with Crippen LogP contribution in [0.25, 0.3) is 0 Å². The van der Waals surface area contributed by atoms with Crippen LogP contribution >= 0.6 is 0 Å². The number of furan rings is 1. The maximum absolute atomic E-state index is 5.59. The van der Waals surface area contributed by atoms with Crippen molar-refractivity contribution in [2.75, 3.05) is 14.2 Å². The summed E-state index contributed by atoms with van der Waals surface area (Å²) in [5.74, 6) is 1.94. The summed E-state index contributed by atoms with van der Waals surface area (Å²) in [6.45, 7) is 6.32. The van der Waals surface area contributed by atoms with Crippen LogP contribution in [0, 0.1) is 13.8 Å². The van der Waals surface area contributed by atoms with E-state index in [1.807, 2.05) is 13.1 Å². The van der Waals surface area contributed by atoms with Gasteiger partial charge in [-0.3, -0.25) is 0 Å². The number of rotatable bonds is 5. The highest BCUT2D eigenvalue weighted by Crippen LogP contribution is 2.35. The molecule has 0 fully saturated rings. The predicted molar refractivity (Wildman–Crippen MR) is 81.5 cm³/mol. The highest BCUT2D eigenvalue weighted by Gasteiger charge is 2.22. The first-order chi connectivity index (χ1) is 9.62. The summed E-state index contributed by atoms with van der Waals surface area (Å²) in [4.78, 5) is 0. The molecule has 0 saturated heterocycles. The fourth-order valence-corrected chi connectivity index (χ4v) is 2.83. The summed E-state index contributed by atoms with van der Waals surface area (Å²) < 4.78 is 11.2. The number of nitrogens with one attached hydrogen (secondary N) is 1. The van der Waals surface area contributed by atoms with Crippen molar-refractivity contribution < 1.29 is 9.15 Å². The number of ether oxygens (including phenoxy) is 1. The molecule has 0 aliphatic carbocycles. The van der Waals surface area contributed by atoms with Gasteiger partial charge in [0.2, 0.25) is 0 Å². The van der Waals surface area contributed by atoms with E-state index in [-0.39, 0.29) is 6.04 Å². The minimum atomic E-state index is 0.0826. The van der Waals surface area contributed by atoms with Crippen molar-refractivity contribution >= 4 is 0 Å². The van der Waals surface area contributed by atoms with E-state index in [1.165, 1.54) is 22.3 Å². The average Bonchev–Trinajstić information content (AvgIpc) is 2.89. The zero-order valence-electron chi connectivity index (χ0n) is 12.9. The van der Waals surface area contributed by atoms with Crippen LogP contribution in [0.4, 0.5) is 0 Å². The van der Waals surface area contributed by atoms with Gasteiger partial charge in [-0.25, -0.2) is 0 Å². The Labute approximate surface area is 121 Å². The number of benzene rings is 1. The van der Waals surface area contributed by atoms with Gasteiger partial charge in [0.05, 0.1) is 19.4 Å². The van der Waals surface area contributed by atoms with Gasteiger partial charge in [0.1, 0.15) is 11.5 Å². The molecule has 0 saturated carbocycles. The van der Waals surface area contributed by atoms with Crippen LogP contribution in [0.5, 0.6) is 5.75 Å². The summed E-state index contributed by atoms with van der Waals surface area (Å²) in [6.07, 6.45) is 2.64. The quantitative estimate of drug-likeness (QED) is 0.900. The standard InChI is InChI=1S/C17H23NO2/c1-6-14-13(7-8-20-14)17(18-4)16-12(3)9-11(2)10-15(16)19-5/h7-10,17-18H,6H2,1-5H3. The molecule has 1 unspecified atom stereocenters. The molecule has 0 aliphatic heterocycles. The van der Waals surface area contributed by atoms with Crippen LogP contribution in [0.1, 0.15) is 41.0 Å². The summed E-state index contributed by atoms with van der Waals surface area (Å²) in [6, 6.07) is 6.39. The van der Waals surface area contributed by atoms with Crippen LogP contribution < -0.4 is 10.1 Å². The molecule has 1 N–H and O–H groups in total. The van der Waals surface area contributed by atoms with Crippen LogP contribution in [-0.4, -0.2) is 14.2 Å². The molecule has 2 aromatic rings. The lowest BCUT2D eigenvalue weighted by Gasteiger charge is -2.22. The smallest absolute Gasteiger partial charge is 0.124 e. The van der Waals surface area contributed by atoms with E-state index in [0.29, 0.717) is 0 Å². The van der Waals surface area contributed by atoms with Crippen molar-refractivity contribution in [1.82, 2.24) is 5.32 Å². The molecule has 3 nitrogen and oxygen atoms in total. The molecular weight excluding hydrogens is 250 g/mol. The zero-order chi connectivity index (χ0) is 14.7. The maximum atomic E-state index is 5.59. The Balaban J connectivity index is 2.58. The van der Waals surface area contributed by atoms with E-state index in [1.54, 1.807) is 13.4 Å². The Bertz CT molecular complexity index is 587. The topological polar surface area (TPSA) is 34.4 Å². The molecule has 0 spiro atoms. The zero-order valence-corrected chi connectivity index (χ0v) is 12.9. The molecule has 0 radical (unpaired) electrons. The Kier molecular flexibility index (Phi) is 4.50. The first-order valence-electron chi connectivity index (χ1n) is 7.01. The normalized spacial score (nSPS) is 12.4. The Morgan fingerprint density at radius 2 is 2.05 bits per heavy atom. The summed E-state index contributed by atoms with van der Waals surface area (Å²) in [7, 11) is 3.69. The molecule has 20 heavy (non-hydrogen) atoms. The van der Waals surface area contributed by atoms with Gasteiger partial charge in [0, 0.05) is 17.5 Å². The summed E-state index contributed by atoms with van der Waals surface area (Å²) in [5.41, 5.74) is 4.79. The van der Waals surface area contributed by atoms with Crippen LogP contribution in [0.2, 0.25) is 0 Å². The van der Waals surface area contributed by atoms with Crippen molar-refractivity contribution in [3.05, 3.63) is 52.5 Å². The fourth-order valence-electron chi connectivity index (χ4n) is 2.83. The minimum Gasteiger partial charge on any atom is -0.496 e. The molecule has 1 aromatic carbocycles. The molecule has 108 valence electrons. The molecule has 3 heteroatoms. The third-order valence-corrected chi connectivity index (χ3v) is 3.70. The van der Waals surface area contributed by atoms with Gasteiger partial charge in [0.15, 0.2) is 0 Å². The first kappa shape index (κ1) is 14.7. The molecule has 0 bridgehead atoms. The number of methoxy groups -OCH3 is 1. The average molecular weight is 273 g/mol. The minimum absolute atomic E-state index is 0.0826. The molecule has 0 amide bonds. The van der Waals surface area contributed by atoms with Crippen LogP contribution in [-0.2, 0) is 6.42 Å². The number of hydrogen-bond donors (Lipinski definition) is 1. The number of hydrogen-bond acceptors (Lipinski definition) is 3. The SMILES string of the molecule is CCc1occc1C(NC)c1c(C)cc(C)cc1OC. The Morgan fingerprint density at radius 1 is 1.30 bits per heavy atom. The van der Waals surface area contributed by atoms with Crippen LogP contribution in [0.3, 0.4) is 0 Å². The van der Waals surface area contributed by atoms with Gasteiger partial charge < -0.3 is 14.5 Å². The lowest BCUT2D eigenvalue weighted by atomic mass is 9.92. The highest BCUT2D eigenvalue weighted by atomic mass is 16.5. The molecule has 1 heterocycles. The van der Waals surface area contributed by atoms with Gasteiger partial charge in [-0.1, -0.05) is 13.0 Å². The Hall–Kier alpha value is -1.74. The third kappa shape index (κ3) is 2.59. The van der Waals surface area contributed by atoms with E-state index < -0.39 is 0 Å². The first-order valence-corrected chi connectivity index (χ1v) is 7.01. The monoisotopic (exact) mass is 273 g/mol. The molecule has 1 aromatic heterocycles. The van der Waals surface area contributed by atoms with Crippen molar-refractivity contribution in [2.24, 2.45) is 0 Å². The van der Waals surface area contributed by atoms with Gasteiger partial charge in [-0.2, -0.15) is 0 Å². The van der Waals surface area contributed by atoms with Crippen LogP contribution in [0.15, 0.2) is 28.9 Å². The van der Waals surface area contributed by atoms with Gasteiger partial charge in [-0.15, -0.1) is 0 Å². The second-order valence-electron chi connectivity index (χ2n) is 5.07. The molecule has 2 rings (SSSR count). The molecule has 1 atom stereocenters. The summed E-state index contributed by atoms with van der Waals surface area (Å²) >= 11 is 0. The second-order valence-corrected chi connectivity index (χ2v) is 5.07. The summed E-state index contributed by atoms with van der Waals surface area (Å²) in [5, 5.41) is 3.39. The number of aryl methyl sites for hydroxylation is 3. The van der Waals surface area contributed by atoms with Crippen molar-refractivity contribution in [1.29, 1.82) is 0 Å². The lowest BCUT2D eigenvalue weighted by Crippen LogP contribution is -2.20. The molecule has 0 aliphatic rings. The van der Waals surface area contributed by atoms with Gasteiger partial charge in [-0.05, 0) is 44.2 Å². The second kappa shape index (κ2) is 6.14. The third-order valence-electron chi connectivity index (χ3n) is 3.70. The van der Waals surface area contributed by atoms with E-state index in [9.17, 15) is 0 Å². The van der Waals surface area contributed by atoms with E-state index in [2.05, 4.69) is 38.2 Å². The van der Waals surface area contributed by atoms with E-state index in [0.717, 1.165) is 17.9 Å². The van der Waals surface area contributed by atoms with Crippen molar-refractivity contribution in [2.45, 2.75) is 33.2 Å². The van der Waals surface area contributed by atoms with Gasteiger partial charge in [0.25, 0.3) is 0 Å². The van der Waals surface area contributed by atoms with Crippen molar-refractivity contribution in [3.63, 3.8) is 0 Å². The largest absolute Gasteiger partial charge is 0.496 e. The van der Waals surface area contributed by atoms with Crippen molar-refractivity contribution in [3.8, 4) is 5.75 Å². The fraction of sp³-hybridized carbons (Fsp3) is 0.412. The van der Waals surface area contributed by atoms with E-state index >= 15 is 0 Å². The maximum Gasteiger partial charge on any atom is 0.124 e. The molecular formula is C17H23NO2.